The van der Waals surface area contributed by atoms with Gasteiger partial charge in [-0.3, -0.25) is 9.36 Å². The molecule has 0 atom stereocenters. The highest BCUT2D eigenvalue weighted by Gasteiger charge is 2.12. The first kappa shape index (κ1) is 15.5. The Labute approximate surface area is 152 Å². The van der Waals surface area contributed by atoms with Crippen LogP contribution in [0.4, 0.5) is 0 Å². The van der Waals surface area contributed by atoms with Gasteiger partial charge in [0.1, 0.15) is 12.1 Å². The highest BCUT2D eigenvalue weighted by molar-refractivity contribution is 5.84. The van der Waals surface area contributed by atoms with Crippen LogP contribution in [-0.4, -0.2) is 41.5 Å². The van der Waals surface area contributed by atoms with E-state index in [1.54, 1.807) is 23.9 Å². The largest absolute Gasteiger partial charge is 0.497 e. The Morgan fingerprint density at radius 2 is 2.15 bits per heavy atom. The van der Waals surface area contributed by atoms with Crippen molar-refractivity contribution in [3.8, 4) is 5.75 Å². The van der Waals surface area contributed by atoms with Crippen molar-refractivity contribution in [1.82, 2.24) is 34.3 Å². The van der Waals surface area contributed by atoms with Crippen LogP contribution in [0, 0.1) is 0 Å². The van der Waals surface area contributed by atoms with E-state index in [1.165, 1.54) is 10.8 Å². The monoisotopic (exact) mass is 361 g/mol. The molecule has 9 heteroatoms. The smallest absolute Gasteiger partial charge is 0.283 e. The molecule has 0 amide bonds. The number of aryl methyl sites for hydroxylation is 2. The predicted octanol–water partition coefficient (Wildman–Crippen LogP) is 1.57. The van der Waals surface area contributed by atoms with Gasteiger partial charge in [0.05, 0.1) is 13.3 Å². The molecule has 0 spiro atoms. The Kier molecular flexibility index (Phi) is 3.39. The molecule has 0 unspecified atom stereocenters. The zero-order valence-corrected chi connectivity index (χ0v) is 14.5. The summed E-state index contributed by atoms with van der Waals surface area (Å²) < 4.78 is 8.36. The summed E-state index contributed by atoms with van der Waals surface area (Å²) in [6, 6.07) is 7.59. The average Bonchev–Trinajstić information content (AvgIpc) is 3.33. The van der Waals surface area contributed by atoms with Crippen LogP contribution in [0.3, 0.4) is 0 Å². The molecule has 4 aromatic heterocycles. The highest BCUT2D eigenvalue weighted by Crippen LogP contribution is 2.24. The van der Waals surface area contributed by atoms with Crippen LogP contribution in [0.1, 0.15) is 5.56 Å². The second-order valence-corrected chi connectivity index (χ2v) is 6.19. The van der Waals surface area contributed by atoms with Crippen molar-refractivity contribution in [3.05, 3.63) is 58.9 Å². The van der Waals surface area contributed by atoms with Gasteiger partial charge in [-0.15, -0.1) is 10.2 Å². The van der Waals surface area contributed by atoms with E-state index in [-0.39, 0.29) is 11.1 Å². The van der Waals surface area contributed by atoms with Gasteiger partial charge in [0.25, 0.3) is 5.56 Å². The minimum Gasteiger partial charge on any atom is -0.497 e. The second-order valence-electron chi connectivity index (χ2n) is 6.19. The van der Waals surface area contributed by atoms with Crippen LogP contribution in [0.25, 0.3) is 27.7 Å². The maximum atomic E-state index is 12.8. The molecule has 4 heterocycles. The fourth-order valence-electron chi connectivity index (χ4n) is 3.24. The molecule has 0 fully saturated rings. The first-order chi connectivity index (χ1) is 13.2. The van der Waals surface area contributed by atoms with E-state index in [2.05, 4.69) is 25.3 Å². The molecule has 1 N–H and O–H groups in total. The quantitative estimate of drug-likeness (QED) is 0.521. The highest BCUT2D eigenvalue weighted by atomic mass is 16.5. The number of nitrogens with one attached hydrogen (secondary N) is 1. The standard InChI is InChI=1S/C18H15N7O2/c1-27-12-2-3-14-13(8-12)11(9-19-14)5-7-24-10-20-17-16(18(24)26)23-22-15-4-6-21-25(15)17/h2-4,6,8-10,19H,5,7H2,1H3. The summed E-state index contributed by atoms with van der Waals surface area (Å²) in [5.41, 5.74) is 3.06. The van der Waals surface area contributed by atoms with Crippen LogP contribution < -0.4 is 10.3 Å². The Morgan fingerprint density at radius 3 is 3.04 bits per heavy atom. The van der Waals surface area contributed by atoms with E-state index in [0.29, 0.717) is 24.3 Å². The van der Waals surface area contributed by atoms with E-state index >= 15 is 0 Å². The fraction of sp³-hybridized carbons (Fsp3) is 0.167. The van der Waals surface area contributed by atoms with Crippen molar-refractivity contribution >= 4 is 27.7 Å². The molecule has 0 aliphatic heterocycles. The van der Waals surface area contributed by atoms with Gasteiger partial charge in [-0.2, -0.15) is 9.61 Å². The van der Waals surface area contributed by atoms with Gasteiger partial charge >= 0.3 is 0 Å². The van der Waals surface area contributed by atoms with Crippen molar-refractivity contribution in [2.24, 2.45) is 0 Å². The number of nitrogens with zero attached hydrogens (tertiary/aromatic N) is 6. The van der Waals surface area contributed by atoms with Crippen LogP contribution >= 0.6 is 0 Å². The fourth-order valence-corrected chi connectivity index (χ4v) is 3.24. The molecule has 0 bridgehead atoms. The van der Waals surface area contributed by atoms with E-state index in [4.69, 9.17) is 4.74 Å². The third-order valence-corrected chi connectivity index (χ3v) is 4.67. The number of aromatic amines is 1. The van der Waals surface area contributed by atoms with Crippen LogP contribution in [0.5, 0.6) is 5.75 Å². The van der Waals surface area contributed by atoms with Gasteiger partial charge in [0.15, 0.2) is 16.8 Å². The molecule has 0 aliphatic carbocycles. The normalized spacial score (nSPS) is 11.6. The number of benzene rings is 1. The van der Waals surface area contributed by atoms with E-state index in [0.717, 1.165) is 22.2 Å². The maximum absolute atomic E-state index is 12.8. The minimum absolute atomic E-state index is 0.203. The van der Waals surface area contributed by atoms with E-state index < -0.39 is 0 Å². The summed E-state index contributed by atoms with van der Waals surface area (Å²) in [6.45, 7) is 0.477. The average molecular weight is 361 g/mol. The number of hydrogen-bond acceptors (Lipinski definition) is 6. The van der Waals surface area contributed by atoms with Gasteiger partial charge in [0.2, 0.25) is 0 Å². The molecule has 5 aromatic rings. The van der Waals surface area contributed by atoms with Crippen LogP contribution in [0.2, 0.25) is 0 Å². The molecular formula is C18H15N7O2. The zero-order chi connectivity index (χ0) is 18.4. The third-order valence-electron chi connectivity index (χ3n) is 4.67. The summed E-state index contributed by atoms with van der Waals surface area (Å²) in [5, 5.41) is 13.3. The molecular weight excluding hydrogens is 346 g/mol. The molecule has 1 aromatic carbocycles. The van der Waals surface area contributed by atoms with Gasteiger partial charge in [-0.25, -0.2) is 4.98 Å². The molecule has 0 aliphatic rings. The summed E-state index contributed by atoms with van der Waals surface area (Å²) in [4.78, 5) is 20.4. The van der Waals surface area contributed by atoms with Gasteiger partial charge in [-0.1, -0.05) is 0 Å². The summed E-state index contributed by atoms with van der Waals surface area (Å²) >= 11 is 0. The van der Waals surface area contributed by atoms with E-state index in [1.807, 2.05) is 24.4 Å². The van der Waals surface area contributed by atoms with Crippen molar-refractivity contribution in [2.45, 2.75) is 13.0 Å². The van der Waals surface area contributed by atoms with Crippen molar-refractivity contribution < 1.29 is 4.74 Å². The topological polar surface area (TPSA) is 103 Å². The molecule has 0 radical (unpaired) electrons. The van der Waals surface area contributed by atoms with Crippen molar-refractivity contribution in [3.63, 3.8) is 0 Å². The molecule has 27 heavy (non-hydrogen) atoms. The third kappa shape index (κ3) is 2.43. The number of aromatic nitrogens is 7. The number of rotatable bonds is 4. The van der Waals surface area contributed by atoms with Gasteiger partial charge < -0.3 is 9.72 Å². The Bertz CT molecular complexity index is 1350. The lowest BCUT2D eigenvalue weighted by molar-refractivity contribution is 0.415. The lowest BCUT2D eigenvalue weighted by Crippen LogP contribution is -2.23. The lowest BCUT2D eigenvalue weighted by Gasteiger charge is -2.06. The van der Waals surface area contributed by atoms with Gasteiger partial charge in [-0.05, 0) is 30.2 Å². The lowest BCUT2D eigenvalue weighted by atomic mass is 10.1. The summed E-state index contributed by atoms with van der Waals surface area (Å²) in [5.74, 6) is 0.798. The van der Waals surface area contributed by atoms with Crippen molar-refractivity contribution in [1.29, 1.82) is 0 Å². The SMILES string of the molecule is COc1ccc2[nH]cc(CCn3cnc4c(nnc5ccnn54)c3=O)c2c1. The summed E-state index contributed by atoms with van der Waals surface area (Å²) in [6.07, 6.45) is 5.75. The number of H-pyrrole nitrogens is 1. The van der Waals surface area contributed by atoms with Crippen LogP contribution in [-0.2, 0) is 13.0 Å². The Hall–Kier alpha value is -3.75. The van der Waals surface area contributed by atoms with E-state index in [9.17, 15) is 4.79 Å². The van der Waals surface area contributed by atoms with Crippen molar-refractivity contribution in [2.75, 3.05) is 7.11 Å². The zero-order valence-electron chi connectivity index (χ0n) is 14.5. The predicted molar refractivity (Wildman–Crippen MR) is 98.9 cm³/mol. The Morgan fingerprint density at radius 1 is 1.22 bits per heavy atom. The minimum atomic E-state index is -0.234. The van der Waals surface area contributed by atoms with Crippen LogP contribution in [0.15, 0.2) is 47.8 Å². The Balaban J connectivity index is 1.51. The first-order valence-electron chi connectivity index (χ1n) is 8.44. The number of methoxy groups -OCH3 is 1. The molecule has 5 rings (SSSR count). The maximum Gasteiger partial charge on any atom is 0.283 e. The molecule has 134 valence electrons. The molecule has 9 nitrogen and oxygen atoms in total. The first-order valence-corrected chi connectivity index (χ1v) is 8.44. The molecule has 0 saturated carbocycles. The number of ether oxygens (including phenoxy) is 1. The second kappa shape index (κ2) is 5.90. The molecule has 0 saturated heterocycles. The number of hydrogen-bond donors (Lipinski definition) is 1. The van der Waals surface area contributed by atoms with Gasteiger partial charge in [0, 0.05) is 29.7 Å². The summed E-state index contributed by atoms with van der Waals surface area (Å²) in [7, 11) is 1.64. The number of fused-ring (bicyclic) bond motifs is 4.